The van der Waals surface area contributed by atoms with Crippen LogP contribution in [-0.2, 0) is 16.7 Å². The average molecular weight is 211 g/mol. The van der Waals surface area contributed by atoms with Gasteiger partial charge in [-0.2, -0.15) is 0 Å². The first-order valence-corrected chi connectivity index (χ1v) is 5.53. The van der Waals surface area contributed by atoms with E-state index in [4.69, 9.17) is 4.74 Å². The summed E-state index contributed by atoms with van der Waals surface area (Å²) in [4.78, 5) is 0. The van der Waals surface area contributed by atoms with Crippen LogP contribution < -0.4 is 0 Å². The van der Waals surface area contributed by atoms with Crippen LogP contribution in [0, 0.1) is 0 Å². The normalized spacial score (nSPS) is 12.0. The van der Waals surface area contributed by atoms with Crippen LogP contribution in [0.25, 0.3) is 0 Å². The lowest BCUT2D eigenvalue weighted by Gasteiger charge is -2.22. The third-order valence-electron chi connectivity index (χ3n) is 2.16. The maximum Gasteiger partial charge on any atom is 0.135 e. The quantitative estimate of drug-likeness (QED) is 0.699. The van der Waals surface area contributed by atoms with Crippen molar-refractivity contribution in [1.29, 1.82) is 0 Å². The summed E-state index contributed by atoms with van der Waals surface area (Å²) < 4.78 is 7.54. The summed E-state index contributed by atoms with van der Waals surface area (Å²) in [5.74, 6) is 0.999. The summed E-state index contributed by atoms with van der Waals surface area (Å²) in [6.07, 6.45) is 3.68. The van der Waals surface area contributed by atoms with Gasteiger partial charge < -0.3 is 9.30 Å². The zero-order chi connectivity index (χ0) is 11.3. The highest BCUT2D eigenvalue weighted by molar-refractivity contribution is 4.92. The molecule has 1 aromatic rings. The lowest BCUT2D eigenvalue weighted by atomic mass is 10.1. The van der Waals surface area contributed by atoms with Crippen molar-refractivity contribution in [3.63, 3.8) is 0 Å². The van der Waals surface area contributed by atoms with Gasteiger partial charge in [-0.15, -0.1) is 10.2 Å². The molecule has 0 aromatic carbocycles. The van der Waals surface area contributed by atoms with Gasteiger partial charge in [0.2, 0.25) is 0 Å². The minimum absolute atomic E-state index is 0.0452. The Balaban J connectivity index is 2.51. The van der Waals surface area contributed by atoms with Crippen molar-refractivity contribution in [2.75, 3.05) is 13.2 Å². The van der Waals surface area contributed by atoms with Gasteiger partial charge in [0.1, 0.15) is 12.2 Å². The molecule has 0 aliphatic heterocycles. The van der Waals surface area contributed by atoms with Crippen LogP contribution in [0.4, 0.5) is 0 Å². The van der Waals surface area contributed by atoms with E-state index in [2.05, 4.69) is 42.5 Å². The van der Waals surface area contributed by atoms with Gasteiger partial charge >= 0.3 is 0 Å². The van der Waals surface area contributed by atoms with Crippen molar-refractivity contribution >= 4 is 0 Å². The molecule has 0 aliphatic carbocycles. The van der Waals surface area contributed by atoms with Crippen LogP contribution in [0.2, 0.25) is 0 Å². The van der Waals surface area contributed by atoms with E-state index >= 15 is 0 Å². The van der Waals surface area contributed by atoms with Gasteiger partial charge in [0.25, 0.3) is 0 Å². The van der Waals surface area contributed by atoms with Crippen LogP contribution in [0.5, 0.6) is 0 Å². The maximum absolute atomic E-state index is 5.44. The molecular weight excluding hydrogens is 190 g/mol. The summed E-state index contributed by atoms with van der Waals surface area (Å²) in [6.45, 7) is 10.1. The van der Waals surface area contributed by atoms with Gasteiger partial charge in [0, 0.05) is 18.6 Å². The van der Waals surface area contributed by atoms with Gasteiger partial charge in [-0.3, -0.25) is 0 Å². The fourth-order valence-corrected chi connectivity index (χ4v) is 1.40. The van der Waals surface area contributed by atoms with Gasteiger partial charge in [-0.1, -0.05) is 6.92 Å². The molecule has 1 aromatic heterocycles. The van der Waals surface area contributed by atoms with E-state index in [1.165, 1.54) is 0 Å². The highest BCUT2D eigenvalue weighted by Crippen LogP contribution is 2.15. The molecule has 0 radical (unpaired) electrons. The van der Waals surface area contributed by atoms with E-state index in [1.807, 2.05) is 0 Å². The molecule has 0 bridgehead atoms. The molecule has 4 heteroatoms. The largest absolute Gasteiger partial charge is 0.381 e. The zero-order valence-electron chi connectivity index (χ0n) is 10.2. The van der Waals surface area contributed by atoms with Crippen molar-refractivity contribution in [3.05, 3.63) is 12.2 Å². The molecule has 0 amide bonds. The fraction of sp³-hybridized carbons (Fsp3) is 0.818. The second-order valence-corrected chi connectivity index (χ2v) is 4.65. The molecule has 0 fully saturated rings. The van der Waals surface area contributed by atoms with E-state index < -0.39 is 0 Å². The smallest absolute Gasteiger partial charge is 0.135 e. The molecule has 1 heterocycles. The molecule has 0 aliphatic rings. The number of aromatic nitrogens is 3. The van der Waals surface area contributed by atoms with Crippen molar-refractivity contribution < 1.29 is 4.74 Å². The standard InChI is InChI=1S/C11H21N3O/c1-5-7-15-8-6-10-13-12-9-14(10)11(2,3)4/h9H,5-8H2,1-4H3. The van der Waals surface area contributed by atoms with E-state index in [9.17, 15) is 0 Å². The Kier molecular flexibility index (Phi) is 4.27. The van der Waals surface area contributed by atoms with Gasteiger partial charge in [0.05, 0.1) is 6.61 Å². The topological polar surface area (TPSA) is 39.9 Å². The molecule has 86 valence electrons. The van der Waals surface area contributed by atoms with E-state index in [-0.39, 0.29) is 5.54 Å². The SMILES string of the molecule is CCCOCCc1nncn1C(C)(C)C. The van der Waals surface area contributed by atoms with E-state index in [1.54, 1.807) is 6.33 Å². The molecule has 0 spiro atoms. The third-order valence-corrected chi connectivity index (χ3v) is 2.16. The predicted molar refractivity (Wildman–Crippen MR) is 59.8 cm³/mol. The van der Waals surface area contributed by atoms with Gasteiger partial charge in [-0.25, -0.2) is 0 Å². The predicted octanol–water partition coefficient (Wildman–Crippen LogP) is 2.00. The zero-order valence-corrected chi connectivity index (χ0v) is 10.2. The molecular formula is C11H21N3O. The van der Waals surface area contributed by atoms with Crippen molar-refractivity contribution in [2.24, 2.45) is 0 Å². The fourth-order valence-electron chi connectivity index (χ4n) is 1.40. The molecule has 1 rings (SSSR count). The lowest BCUT2D eigenvalue weighted by molar-refractivity contribution is 0.135. The summed E-state index contributed by atoms with van der Waals surface area (Å²) >= 11 is 0. The molecule has 15 heavy (non-hydrogen) atoms. The Morgan fingerprint density at radius 2 is 2.07 bits per heavy atom. The van der Waals surface area contributed by atoms with Gasteiger partial charge in [-0.05, 0) is 27.2 Å². The Bertz CT molecular complexity index is 288. The second-order valence-electron chi connectivity index (χ2n) is 4.65. The van der Waals surface area contributed by atoms with E-state index in [0.717, 1.165) is 31.9 Å². The van der Waals surface area contributed by atoms with Crippen LogP contribution in [-0.4, -0.2) is 28.0 Å². The van der Waals surface area contributed by atoms with E-state index in [0.29, 0.717) is 0 Å². The highest BCUT2D eigenvalue weighted by atomic mass is 16.5. The second kappa shape index (κ2) is 5.26. The highest BCUT2D eigenvalue weighted by Gasteiger charge is 2.16. The molecule has 0 saturated heterocycles. The van der Waals surface area contributed by atoms with Gasteiger partial charge in [0.15, 0.2) is 0 Å². The molecule has 0 saturated carbocycles. The number of hydrogen-bond acceptors (Lipinski definition) is 3. The van der Waals surface area contributed by atoms with Crippen molar-refractivity contribution in [1.82, 2.24) is 14.8 Å². The molecule has 0 unspecified atom stereocenters. The van der Waals surface area contributed by atoms with Crippen LogP contribution in [0.3, 0.4) is 0 Å². The number of hydrogen-bond donors (Lipinski definition) is 0. The first kappa shape index (κ1) is 12.2. The van der Waals surface area contributed by atoms with Crippen molar-refractivity contribution in [2.45, 2.75) is 46.1 Å². The van der Waals surface area contributed by atoms with Crippen LogP contribution >= 0.6 is 0 Å². The van der Waals surface area contributed by atoms with Crippen molar-refractivity contribution in [3.8, 4) is 0 Å². The maximum atomic E-state index is 5.44. The molecule has 0 N–H and O–H groups in total. The third kappa shape index (κ3) is 3.63. The Morgan fingerprint density at radius 3 is 2.67 bits per heavy atom. The summed E-state index contributed by atoms with van der Waals surface area (Å²) in [5, 5.41) is 8.06. The molecule has 4 nitrogen and oxygen atoms in total. The summed E-state index contributed by atoms with van der Waals surface area (Å²) in [7, 11) is 0. The summed E-state index contributed by atoms with van der Waals surface area (Å²) in [5.41, 5.74) is 0.0452. The number of nitrogens with zero attached hydrogens (tertiary/aromatic N) is 3. The number of rotatable bonds is 5. The average Bonchev–Trinajstić information content (AvgIpc) is 2.59. The Hall–Kier alpha value is -0.900. The minimum Gasteiger partial charge on any atom is -0.381 e. The number of ether oxygens (including phenoxy) is 1. The lowest BCUT2D eigenvalue weighted by Crippen LogP contribution is -2.24. The monoisotopic (exact) mass is 211 g/mol. The first-order chi connectivity index (χ1) is 7.05. The first-order valence-electron chi connectivity index (χ1n) is 5.53. The summed E-state index contributed by atoms with van der Waals surface area (Å²) in [6, 6.07) is 0. The minimum atomic E-state index is 0.0452. The van der Waals surface area contributed by atoms with Crippen LogP contribution in [0.1, 0.15) is 39.9 Å². The van der Waals surface area contributed by atoms with Crippen LogP contribution in [0.15, 0.2) is 6.33 Å². The Morgan fingerprint density at radius 1 is 1.33 bits per heavy atom. The molecule has 0 atom stereocenters. The Labute approximate surface area is 91.7 Å².